The molecule has 0 spiro atoms. The molecule has 0 bridgehead atoms. The van der Waals surface area contributed by atoms with Crippen LogP contribution in [-0.2, 0) is 4.74 Å². The number of hydrogen-bond donors (Lipinski definition) is 0. The highest BCUT2D eigenvalue weighted by molar-refractivity contribution is 8.03. The molecule has 0 aromatic rings. The van der Waals surface area contributed by atoms with Crippen molar-refractivity contribution in [2.45, 2.75) is 20.8 Å². The Labute approximate surface area is 79.2 Å². The molecule has 0 aromatic carbocycles. The predicted octanol–water partition coefficient (Wildman–Crippen LogP) is 3.71. The lowest BCUT2D eigenvalue weighted by Gasteiger charge is -1.93. The molecule has 1 rings (SSSR count). The number of allylic oxidation sites excluding steroid dienone is 3. The standard InChI is InChI=1S/C8H10OS.C2H6/c1-3-5-8-7(4-2)9-6-10-8;1-2/h3-5H,1,6H2,2H3;1-2H3/b7-4+,8-5+;. The van der Waals surface area contributed by atoms with Crippen LogP contribution in [0.2, 0.25) is 0 Å². The maximum Gasteiger partial charge on any atom is 0.138 e. The second kappa shape index (κ2) is 7.04. The van der Waals surface area contributed by atoms with Gasteiger partial charge in [-0.05, 0) is 19.1 Å². The first-order valence-corrected chi connectivity index (χ1v) is 5.12. The molecule has 0 unspecified atom stereocenters. The van der Waals surface area contributed by atoms with Gasteiger partial charge in [0.2, 0.25) is 0 Å². The van der Waals surface area contributed by atoms with Gasteiger partial charge >= 0.3 is 0 Å². The Morgan fingerprint density at radius 1 is 1.50 bits per heavy atom. The average Bonchev–Trinajstić information content (AvgIpc) is 2.56. The third-order valence-electron chi connectivity index (χ3n) is 1.20. The number of rotatable bonds is 1. The number of ether oxygens (including phenoxy) is 1. The molecule has 0 N–H and O–H groups in total. The van der Waals surface area contributed by atoms with Gasteiger partial charge < -0.3 is 4.74 Å². The van der Waals surface area contributed by atoms with Crippen LogP contribution in [0.1, 0.15) is 20.8 Å². The molecule has 68 valence electrons. The van der Waals surface area contributed by atoms with Gasteiger partial charge in [-0.25, -0.2) is 0 Å². The van der Waals surface area contributed by atoms with Crippen LogP contribution < -0.4 is 0 Å². The molecule has 1 heterocycles. The molecule has 0 saturated carbocycles. The van der Waals surface area contributed by atoms with E-state index in [1.54, 1.807) is 17.8 Å². The van der Waals surface area contributed by atoms with Crippen molar-refractivity contribution in [1.29, 1.82) is 0 Å². The summed E-state index contributed by atoms with van der Waals surface area (Å²) in [6.07, 6.45) is 5.71. The third-order valence-corrected chi connectivity index (χ3v) is 2.09. The summed E-state index contributed by atoms with van der Waals surface area (Å²) in [6.45, 7) is 9.59. The Morgan fingerprint density at radius 3 is 2.67 bits per heavy atom. The monoisotopic (exact) mass is 184 g/mol. The van der Waals surface area contributed by atoms with Crippen molar-refractivity contribution < 1.29 is 4.74 Å². The largest absolute Gasteiger partial charge is 0.482 e. The highest BCUT2D eigenvalue weighted by Gasteiger charge is 2.12. The second-order valence-electron chi connectivity index (χ2n) is 1.83. The van der Waals surface area contributed by atoms with Gasteiger partial charge in [0.15, 0.2) is 0 Å². The zero-order valence-corrected chi connectivity index (χ0v) is 8.78. The number of hydrogen-bond acceptors (Lipinski definition) is 2. The zero-order valence-electron chi connectivity index (χ0n) is 7.96. The summed E-state index contributed by atoms with van der Waals surface area (Å²) in [6, 6.07) is 0. The van der Waals surface area contributed by atoms with Crippen LogP contribution in [0, 0.1) is 0 Å². The third kappa shape index (κ3) is 3.18. The summed E-state index contributed by atoms with van der Waals surface area (Å²) in [4.78, 5) is 1.18. The van der Waals surface area contributed by atoms with Crippen molar-refractivity contribution >= 4 is 11.8 Å². The molecule has 1 saturated heterocycles. The van der Waals surface area contributed by atoms with E-state index in [0.717, 1.165) is 11.7 Å². The van der Waals surface area contributed by atoms with Gasteiger partial charge in [-0.1, -0.05) is 38.3 Å². The van der Waals surface area contributed by atoms with Crippen molar-refractivity contribution in [1.82, 2.24) is 0 Å². The maximum absolute atomic E-state index is 5.28. The molecule has 1 aliphatic heterocycles. The molecule has 0 atom stereocenters. The predicted molar refractivity (Wildman–Crippen MR) is 56.9 cm³/mol. The minimum absolute atomic E-state index is 0.735. The van der Waals surface area contributed by atoms with E-state index < -0.39 is 0 Å². The van der Waals surface area contributed by atoms with Gasteiger partial charge in [0, 0.05) is 0 Å². The Morgan fingerprint density at radius 2 is 2.17 bits per heavy atom. The number of thioether (sulfide) groups is 1. The van der Waals surface area contributed by atoms with E-state index in [9.17, 15) is 0 Å². The van der Waals surface area contributed by atoms with E-state index in [1.807, 2.05) is 32.9 Å². The smallest absolute Gasteiger partial charge is 0.138 e. The Bertz CT molecular complexity index is 192. The van der Waals surface area contributed by atoms with Crippen LogP contribution in [-0.4, -0.2) is 5.94 Å². The van der Waals surface area contributed by atoms with Gasteiger partial charge in [0.1, 0.15) is 11.7 Å². The summed E-state index contributed by atoms with van der Waals surface area (Å²) in [5.74, 6) is 1.71. The van der Waals surface area contributed by atoms with E-state index in [4.69, 9.17) is 4.74 Å². The quantitative estimate of drug-likeness (QED) is 0.614. The molecule has 1 fully saturated rings. The normalized spacial score (nSPS) is 21.6. The zero-order chi connectivity index (χ0) is 9.40. The topological polar surface area (TPSA) is 9.23 Å². The fraction of sp³-hybridized carbons (Fsp3) is 0.400. The molecule has 1 nitrogen and oxygen atoms in total. The van der Waals surface area contributed by atoms with Crippen LogP contribution in [0.5, 0.6) is 0 Å². The molecule has 0 radical (unpaired) electrons. The van der Waals surface area contributed by atoms with Crippen LogP contribution in [0.3, 0.4) is 0 Å². The lowest BCUT2D eigenvalue weighted by atomic mass is 10.4. The first-order valence-electron chi connectivity index (χ1n) is 4.13. The molecule has 12 heavy (non-hydrogen) atoms. The van der Waals surface area contributed by atoms with Crippen molar-refractivity contribution in [2.75, 3.05) is 5.94 Å². The van der Waals surface area contributed by atoms with Gasteiger partial charge in [-0.3, -0.25) is 0 Å². The fourth-order valence-electron chi connectivity index (χ4n) is 0.762. The van der Waals surface area contributed by atoms with Gasteiger partial charge in [0.05, 0.1) is 4.91 Å². The maximum atomic E-state index is 5.28. The first-order chi connectivity index (χ1) is 5.88. The Balaban J connectivity index is 0.000000561. The molecule has 0 amide bonds. The van der Waals surface area contributed by atoms with Crippen LogP contribution >= 0.6 is 11.8 Å². The summed E-state index contributed by atoms with van der Waals surface area (Å²) in [5, 5.41) is 0. The van der Waals surface area contributed by atoms with Gasteiger partial charge in [-0.2, -0.15) is 0 Å². The molecule has 0 aliphatic carbocycles. The first kappa shape index (κ1) is 11.4. The molecular weight excluding hydrogens is 168 g/mol. The van der Waals surface area contributed by atoms with Gasteiger partial charge in [0.25, 0.3) is 0 Å². The van der Waals surface area contributed by atoms with Crippen LogP contribution in [0.15, 0.2) is 35.5 Å². The van der Waals surface area contributed by atoms with Crippen LogP contribution in [0.4, 0.5) is 0 Å². The fourth-order valence-corrected chi connectivity index (χ4v) is 1.59. The van der Waals surface area contributed by atoms with E-state index >= 15 is 0 Å². The Kier molecular flexibility index (Phi) is 6.67. The van der Waals surface area contributed by atoms with E-state index in [1.165, 1.54) is 4.91 Å². The molecule has 2 heteroatoms. The summed E-state index contributed by atoms with van der Waals surface area (Å²) in [7, 11) is 0. The SMILES string of the molecule is C=C/C=C1/SCO/C1=C/C.CC. The van der Waals surface area contributed by atoms with Gasteiger partial charge in [-0.15, -0.1) is 0 Å². The summed E-state index contributed by atoms with van der Waals surface area (Å²) in [5.41, 5.74) is 0. The van der Waals surface area contributed by atoms with E-state index in [-0.39, 0.29) is 0 Å². The van der Waals surface area contributed by atoms with E-state index in [0.29, 0.717) is 0 Å². The average molecular weight is 184 g/mol. The highest BCUT2D eigenvalue weighted by atomic mass is 32.2. The lowest BCUT2D eigenvalue weighted by molar-refractivity contribution is 0.297. The lowest BCUT2D eigenvalue weighted by Crippen LogP contribution is -1.78. The van der Waals surface area contributed by atoms with Crippen molar-refractivity contribution in [3.8, 4) is 0 Å². The molecule has 1 aliphatic rings. The molecular formula is C10H16OS. The molecule has 0 aromatic heterocycles. The summed E-state index contributed by atoms with van der Waals surface area (Å²) >= 11 is 1.70. The van der Waals surface area contributed by atoms with Crippen molar-refractivity contribution in [2.24, 2.45) is 0 Å². The van der Waals surface area contributed by atoms with Crippen LogP contribution in [0.25, 0.3) is 0 Å². The Hall–Kier alpha value is -0.630. The minimum atomic E-state index is 0.735. The summed E-state index contributed by atoms with van der Waals surface area (Å²) < 4.78 is 5.28. The second-order valence-corrected chi connectivity index (χ2v) is 2.79. The van der Waals surface area contributed by atoms with E-state index in [2.05, 4.69) is 6.58 Å². The highest BCUT2D eigenvalue weighted by Crippen LogP contribution is 2.32. The van der Waals surface area contributed by atoms with Crippen molar-refractivity contribution in [3.05, 3.63) is 35.5 Å². The minimum Gasteiger partial charge on any atom is -0.482 e. The van der Waals surface area contributed by atoms with Crippen molar-refractivity contribution in [3.63, 3.8) is 0 Å².